The summed E-state index contributed by atoms with van der Waals surface area (Å²) in [5.41, 5.74) is 7.79. The Morgan fingerprint density at radius 1 is 1.17 bits per heavy atom. The third-order valence-electron chi connectivity index (χ3n) is 2.76. The number of ketones is 1. The van der Waals surface area contributed by atoms with Crippen molar-refractivity contribution in [2.45, 2.75) is 6.42 Å². The van der Waals surface area contributed by atoms with E-state index >= 15 is 0 Å². The molecule has 3 heteroatoms. The van der Waals surface area contributed by atoms with Gasteiger partial charge >= 0.3 is 0 Å². The highest BCUT2D eigenvalue weighted by Gasteiger charge is 2.10. The first-order chi connectivity index (χ1) is 8.70. The van der Waals surface area contributed by atoms with E-state index in [2.05, 4.69) is 0 Å². The molecule has 0 fully saturated rings. The molecular weight excluding hydrogens is 226 g/mol. The molecule has 0 unspecified atom stereocenters. The van der Waals surface area contributed by atoms with E-state index in [1.807, 2.05) is 36.4 Å². The van der Waals surface area contributed by atoms with Crippen LogP contribution in [-0.2, 0) is 6.42 Å². The molecule has 18 heavy (non-hydrogen) atoms. The Kier molecular flexibility index (Phi) is 3.63. The predicted octanol–water partition coefficient (Wildman–Crippen LogP) is 2.70. The summed E-state index contributed by atoms with van der Waals surface area (Å²) in [4.78, 5) is 12.1. The topological polar surface area (TPSA) is 52.3 Å². The van der Waals surface area contributed by atoms with Gasteiger partial charge in [-0.1, -0.05) is 24.3 Å². The van der Waals surface area contributed by atoms with E-state index < -0.39 is 0 Å². The number of ether oxygens (including phenoxy) is 1. The molecule has 2 rings (SSSR count). The van der Waals surface area contributed by atoms with Gasteiger partial charge in [-0.2, -0.15) is 0 Å². The molecule has 0 heterocycles. The summed E-state index contributed by atoms with van der Waals surface area (Å²) in [5.74, 6) is 0.766. The highest BCUT2D eigenvalue weighted by atomic mass is 16.5. The second-order valence-corrected chi connectivity index (χ2v) is 4.04. The first-order valence-electron chi connectivity index (χ1n) is 5.71. The van der Waals surface area contributed by atoms with Crippen molar-refractivity contribution < 1.29 is 9.53 Å². The molecule has 0 spiro atoms. The molecule has 0 radical (unpaired) electrons. The fourth-order valence-corrected chi connectivity index (χ4v) is 1.81. The molecule has 0 atom stereocenters. The lowest BCUT2D eigenvalue weighted by molar-refractivity contribution is 0.0994. The molecule has 2 aromatic rings. The van der Waals surface area contributed by atoms with E-state index in [1.165, 1.54) is 0 Å². The van der Waals surface area contributed by atoms with E-state index in [9.17, 15) is 4.79 Å². The van der Waals surface area contributed by atoms with Gasteiger partial charge in [0.15, 0.2) is 5.78 Å². The Morgan fingerprint density at radius 2 is 1.94 bits per heavy atom. The smallest absolute Gasteiger partial charge is 0.169 e. The molecule has 3 nitrogen and oxygen atoms in total. The Bertz CT molecular complexity index is 564. The van der Waals surface area contributed by atoms with Gasteiger partial charge in [-0.25, -0.2) is 0 Å². The van der Waals surface area contributed by atoms with E-state index in [-0.39, 0.29) is 5.78 Å². The second kappa shape index (κ2) is 5.36. The number of hydrogen-bond donors (Lipinski definition) is 1. The van der Waals surface area contributed by atoms with Crippen LogP contribution in [0.1, 0.15) is 15.9 Å². The normalized spacial score (nSPS) is 10.1. The lowest BCUT2D eigenvalue weighted by atomic mass is 10.0. The van der Waals surface area contributed by atoms with Crippen molar-refractivity contribution >= 4 is 11.5 Å². The molecule has 2 aromatic carbocycles. The minimum Gasteiger partial charge on any atom is -0.497 e. The first kappa shape index (κ1) is 12.2. The summed E-state index contributed by atoms with van der Waals surface area (Å²) in [6.07, 6.45) is 0.325. The van der Waals surface area contributed by atoms with Crippen LogP contribution in [0.15, 0.2) is 48.5 Å². The second-order valence-electron chi connectivity index (χ2n) is 4.04. The van der Waals surface area contributed by atoms with Crippen LogP contribution in [0.3, 0.4) is 0 Å². The van der Waals surface area contributed by atoms with Crippen LogP contribution in [0.5, 0.6) is 5.75 Å². The molecule has 0 aromatic heterocycles. The molecule has 0 bridgehead atoms. The van der Waals surface area contributed by atoms with Crippen LogP contribution in [0.2, 0.25) is 0 Å². The number of Topliss-reactive ketones (excluding diaryl/α,β-unsaturated/α-hetero) is 1. The molecule has 0 aliphatic heterocycles. The summed E-state index contributed by atoms with van der Waals surface area (Å²) < 4.78 is 5.13. The third kappa shape index (κ3) is 2.69. The van der Waals surface area contributed by atoms with Crippen molar-refractivity contribution in [2.24, 2.45) is 0 Å². The van der Waals surface area contributed by atoms with Gasteiger partial charge < -0.3 is 10.5 Å². The lowest BCUT2D eigenvalue weighted by Gasteiger charge is -2.06. The minimum absolute atomic E-state index is 0.0151. The van der Waals surface area contributed by atoms with Crippen molar-refractivity contribution in [1.29, 1.82) is 0 Å². The Balaban J connectivity index is 2.19. The molecule has 0 amide bonds. The Hall–Kier alpha value is -2.29. The zero-order valence-corrected chi connectivity index (χ0v) is 10.2. The summed E-state index contributed by atoms with van der Waals surface area (Å²) in [5, 5.41) is 0. The van der Waals surface area contributed by atoms with Crippen LogP contribution >= 0.6 is 0 Å². The minimum atomic E-state index is 0.0151. The number of para-hydroxylation sites is 1. The number of rotatable bonds is 4. The van der Waals surface area contributed by atoms with E-state index in [0.717, 1.165) is 11.3 Å². The summed E-state index contributed by atoms with van der Waals surface area (Å²) in [6.45, 7) is 0. The summed E-state index contributed by atoms with van der Waals surface area (Å²) >= 11 is 0. The van der Waals surface area contributed by atoms with Crippen molar-refractivity contribution in [2.75, 3.05) is 12.8 Å². The molecule has 0 aliphatic rings. The van der Waals surface area contributed by atoms with Crippen LogP contribution in [0.25, 0.3) is 0 Å². The van der Waals surface area contributed by atoms with Gasteiger partial charge in [0, 0.05) is 17.7 Å². The van der Waals surface area contributed by atoms with Crippen molar-refractivity contribution in [3.63, 3.8) is 0 Å². The standard InChI is InChI=1S/C15H15NO2/c1-18-12-6-4-5-11(9-12)10-15(17)13-7-2-3-8-14(13)16/h2-9H,10,16H2,1H3. The zero-order chi connectivity index (χ0) is 13.0. The number of carbonyl (C=O) groups excluding carboxylic acids is 1. The van der Waals surface area contributed by atoms with Crippen molar-refractivity contribution in [1.82, 2.24) is 0 Å². The number of hydrogen-bond acceptors (Lipinski definition) is 3. The van der Waals surface area contributed by atoms with Crippen molar-refractivity contribution in [3.05, 3.63) is 59.7 Å². The lowest BCUT2D eigenvalue weighted by Crippen LogP contribution is -2.06. The highest BCUT2D eigenvalue weighted by molar-refractivity contribution is 6.01. The van der Waals surface area contributed by atoms with E-state index in [4.69, 9.17) is 10.5 Å². The Labute approximate surface area is 106 Å². The Morgan fingerprint density at radius 3 is 2.67 bits per heavy atom. The number of nitrogens with two attached hydrogens (primary N) is 1. The van der Waals surface area contributed by atoms with Crippen LogP contribution in [0.4, 0.5) is 5.69 Å². The SMILES string of the molecule is COc1cccc(CC(=O)c2ccccc2N)c1. The maximum atomic E-state index is 12.1. The van der Waals surface area contributed by atoms with Crippen LogP contribution < -0.4 is 10.5 Å². The maximum Gasteiger partial charge on any atom is 0.169 e. The van der Waals surface area contributed by atoms with E-state index in [0.29, 0.717) is 17.7 Å². The average Bonchev–Trinajstić information content (AvgIpc) is 2.39. The number of benzene rings is 2. The predicted molar refractivity (Wildman–Crippen MR) is 71.9 cm³/mol. The molecule has 2 N–H and O–H groups in total. The molecule has 0 aliphatic carbocycles. The van der Waals surface area contributed by atoms with Gasteiger partial charge in [0.1, 0.15) is 5.75 Å². The summed E-state index contributed by atoms with van der Waals surface area (Å²) in [6, 6.07) is 14.6. The first-order valence-corrected chi connectivity index (χ1v) is 5.71. The molecule has 92 valence electrons. The monoisotopic (exact) mass is 241 g/mol. The maximum absolute atomic E-state index is 12.1. The zero-order valence-electron chi connectivity index (χ0n) is 10.2. The van der Waals surface area contributed by atoms with Crippen LogP contribution in [0, 0.1) is 0 Å². The fraction of sp³-hybridized carbons (Fsp3) is 0.133. The number of anilines is 1. The van der Waals surface area contributed by atoms with Gasteiger partial charge in [-0.15, -0.1) is 0 Å². The fourth-order valence-electron chi connectivity index (χ4n) is 1.81. The highest BCUT2D eigenvalue weighted by Crippen LogP contribution is 2.17. The van der Waals surface area contributed by atoms with Crippen LogP contribution in [-0.4, -0.2) is 12.9 Å². The summed E-state index contributed by atoms with van der Waals surface area (Å²) in [7, 11) is 1.61. The molecular formula is C15H15NO2. The number of methoxy groups -OCH3 is 1. The van der Waals surface area contributed by atoms with Crippen molar-refractivity contribution in [3.8, 4) is 5.75 Å². The third-order valence-corrected chi connectivity index (χ3v) is 2.76. The van der Waals surface area contributed by atoms with Gasteiger partial charge in [-0.05, 0) is 29.8 Å². The van der Waals surface area contributed by atoms with Gasteiger partial charge in [0.2, 0.25) is 0 Å². The number of carbonyl (C=O) groups is 1. The van der Waals surface area contributed by atoms with Gasteiger partial charge in [0.25, 0.3) is 0 Å². The van der Waals surface area contributed by atoms with E-state index in [1.54, 1.807) is 19.2 Å². The van der Waals surface area contributed by atoms with Gasteiger partial charge in [-0.3, -0.25) is 4.79 Å². The quantitative estimate of drug-likeness (QED) is 0.661. The average molecular weight is 241 g/mol. The largest absolute Gasteiger partial charge is 0.497 e. The van der Waals surface area contributed by atoms with Gasteiger partial charge in [0.05, 0.1) is 7.11 Å². The molecule has 0 saturated carbocycles. The molecule has 0 saturated heterocycles. The number of nitrogen functional groups attached to an aromatic ring is 1.